The van der Waals surface area contributed by atoms with Crippen molar-refractivity contribution in [2.24, 2.45) is 5.73 Å². The van der Waals surface area contributed by atoms with E-state index in [4.69, 9.17) is 10.7 Å². The van der Waals surface area contributed by atoms with Gasteiger partial charge in [0.15, 0.2) is 0 Å². The number of hydrogen-bond donors (Lipinski definition) is 2. The molecule has 0 bridgehead atoms. The Morgan fingerprint density at radius 1 is 0.846 bits per heavy atom. The van der Waals surface area contributed by atoms with Crippen LogP contribution in [0.1, 0.15) is 47.0 Å². The Bertz CT molecular complexity index is 1330. The van der Waals surface area contributed by atoms with Crippen LogP contribution in [0.5, 0.6) is 0 Å². The summed E-state index contributed by atoms with van der Waals surface area (Å²) in [4.78, 5) is 25.6. The van der Waals surface area contributed by atoms with E-state index in [1.165, 1.54) is 16.7 Å². The molecule has 0 fully saturated rings. The highest BCUT2D eigenvalue weighted by atomic mass is 16.2. The van der Waals surface area contributed by atoms with Crippen LogP contribution >= 0.6 is 0 Å². The molecule has 3 N–H and O–H groups in total. The van der Waals surface area contributed by atoms with Crippen LogP contribution in [0.2, 0.25) is 0 Å². The highest BCUT2D eigenvalue weighted by molar-refractivity contribution is 5.90. The van der Waals surface area contributed by atoms with Crippen LogP contribution in [-0.2, 0) is 26.1 Å². The molecule has 0 spiro atoms. The molecule has 7 nitrogen and oxygen atoms in total. The first-order valence-electron chi connectivity index (χ1n) is 13.7. The van der Waals surface area contributed by atoms with Crippen LogP contribution in [0.25, 0.3) is 0 Å². The van der Waals surface area contributed by atoms with E-state index in [1.807, 2.05) is 67.0 Å². The summed E-state index contributed by atoms with van der Waals surface area (Å²) < 4.78 is 0. The van der Waals surface area contributed by atoms with E-state index in [0.29, 0.717) is 13.1 Å². The van der Waals surface area contributed by atoms with Gasteiger partial charge in [-0.15, -0.1) is 0 Å². The number of carbonyl (C=O) groups is 1. The molecule has 2 heterocycles. The zero-order chi connectivity index (χ0) is 26.9. The lowest BCUT2D eigenvalue weighted by Gasteiger charge is -2.36. The Labute approximate surface area is 230 Å². The molecule has 4 aromatic rings. The normalized spacial score (nSPS) is 14.6. The average Bonchev–Trinajstić information content (AvgIpc) is 2.98. The van der Waals surface area contributed by atoms with E-state index < -0.39 is 6.03 Å². The molecule has 5 rings (SSSR count). The van der Waals surface area contributed by atoms with E-state index in [9.17, 15) is 4.79 Å². The number of nitrogens with zero attached hydrogens (tertiary/aromatic N) is 4. The number of benzene rings is 2. The fraction of sp³-hybridized carbons (Fsp3) is 0.281. The Balaban J connectivity index is 1.29. The molecule has 39 heavy (non-hydrogen) atoms. The van der Waals surface area contributed by atoms with Gasteiger partial charge in [-0.1, -0.05) is 54.6 Å². The summed E-state index contributed by atoms with van der Waals surface area (Å²) in [5.41, 5.74) is 12.6. The predicted molar refractivity (Wildman–Crippen MR) is 155 cm³/mol. The van der Waals surface area contributed by atoms with Gasteiger partial charge in [0, 0.05) is 50.8 Å². The molecule has 0 saturated heterocycles. The number of anilines is 1. The minimum atomic E-state index is -0.439. The van der Waals surface area contributed by atoms with Crippen molar-refractivity contribution in [3.8, 4) is 0 Å². The third-order valence-corrected chi connectivity index (χ3v) is 7.32. The van der Waals surface area contributed by atoms with Crippen molar-refractivity contribution in [1.29, 1.82) is 0 Å². The van der Waals surface area contributed by atoms with Gasteiger partial charge in [-0.25, -0.2) is 4.79 Å². The number of nitrogens with one attached hydrogen (secondary N) is 1. The van der Waals surface area contributed by atoms with E-state index in [0.717, 1.165) is 56.0 Å². The summed E-state index contributed by atoms with van der Waals surface area (Å²) >= 11 is 0. The number of para-hydroxylation sites is 1. The lowest BCUT2D eigenvalue weighted by molar-refractivity contribution is 0.169. The molecule has 0 saturated carbocycles. The molecule has 1 unspecified atom stereocenters. The number of carbonyl (C=O) groups excluding carboxylic acids is 1. The molecule has 2 amide bonds. The Morgan fingerprint density at radius 2 is 1.62 bits per heavy atom. The zero-order valence-electron chi connectivity index (χ0n) is 22.2. The quantitative estimate of drug-likeness (QED) is 0.283. The molecule has 1 atom stereocenters. The molecule has 0 radical (unpaired) electrons. The first-order valence-corrected chi connectivity index (χ1v) is 13.7. The summed E-state index contributed by atoms with van der Waals surface area (Å²) in [6.45, 7) is 3.48. The highest BCUT2D eigenvalue weighted by Gasteiger charge is 2.28. The molecule has 2 aromatic heterocycles. The number of urea groups is 1. The number of aromatic nitrogens is 2. The first kappa shape index (κ1) is 26.5. The van der Waals surface area contributed by atoms with Gasteiger partial charge in [0.25, 0.3) is 0 Å². The van der Waals surface area contributed by atoms with E-state index in [1.54, 1.807) is 4.90 Å². The van der Waals surface area contributed by atoms with Gasteiger partial charge in [-0.05, 0) is 66.3 Å². The Kier molecular flexibility index (Phi) is 8.94. The van der Waals surface area contributed by atoms with Crippen LogP contribution in [0, 0.1) is 0 Å². The minimum Gasteiger partial charge on any atom is -0.351 e. The number of primary amides is 1. The lowest BCUT2D eigenvalue weighted by atomic mass is 9.90. The average molecular weight is 521 g/mol. The third kappa shape index (κ3) is 7.07. The standard InChI is InChI=1S/C32H36N6O/c33-32(39)38(29-11-2-1-3-12-29)21-20-37(30-13-6-8-27-9-7-19-36-31(27)30)24-26-16-14-25(15-17-26)22-34-23-28-10-4-5-18-35-28/h1-5,7,9-12,14-19,30,34H,6,8,13,20-24H2,(H2,33,39). The van der Waals surface area contributed by atoms with Crippen molar-refractivity contribution in [3.63, 3.8) is 0 Å². The Morgan fingerprint density at radius 3 is 2.38 bits per heavy atom. The first-order chi connectivity index (χ1) is 19.2. The second-order valence-corrected chi connectivity index (χ2v) is 9.99. The van der Waals surface area contributed by atoms with Crippen LogP contribution < -0.4 is 16.0 Å². The number of fused-ring (bicyclic) bond motifs is 1. The maximum atomic E-state index is 12.4. The topological polar surface area (TPSA) is 87.4 Å². The van der Waals surface area contributed by atoms with Crippen molar-refractivity contribution in [3.05, 3.63) is 125 Å². The van der Waals surface area contributed by atoms with Gasteiger partial charge in [0.05, 0.1) is 17.4 Å². The largest absolute Gasteiger partial charge is 0.351 e. The van der Waals surface area contributed by atoms with Crippen LogP contribution in [0.3, 0.4) is 0 Å². The zero-order valence-corrected chi connectivity index (χ0v) is 22.2. The second kappa shape index (κ2) is 13.1. The summed E-state index contributed by atoms with van der Waals surface area (Å²) in [6, 6.07) is 28.4. The molecular formula is C32H36N6O. The number of aryl methyl sites for hydroxylation is 1. The van der Waals surface area contributed by atoms with Crippen LogP contribution in [0.15, 0.2) is 97.3 Å². The predicted octanol–water partition coefficient (Wildman–Crippen LogP) is 5.23. The van der Waals surface area contributed by atoms with E-state index >= 15 is 0 Å². The van der Waals surface area contributed by atoms with Gasteiger partial charge in [0.2, 0.25) is 0 Å². The number of pyridine rings is 2. The van der Waals surface area contributed by atoms with Crippen molar-refractivity contribution in [2.75, 3.05) is 18.0 Å². The molecule has 200 valence electrons. The van der Waals surface area contributed by atoms with Gasteiger partial charge in [-0.3, -0.25) is 19.8 Å². The molecule has 1 aliphatic rings. The molecule has 7 heteroatoms. The number of nitrogens with two attached hydrogens (primary N) is 1. The van der Waals surface area contributed by atoms with Crippen molar-refractivity contribution in [1.82, 2.24) is 20.2 Å². The van der Waals surface area contributed by atoms with Crippen molar-refractivity contribution >= 4 is 11.7 Å². The minimum absolute atomic E-state index is 0.195. The summed E-state index contributed by atoms with van der Waals surface area (Å²) in [7, 11) is 0. The summed E-state index contributed by atoms with van der Waals surface area (Å²) in [5, 5.41) is 3.47. The van der Waals surface area contributed by atoms with Crippen molar-refractivity contribution < 1.29 is 4.79 Å². The summed E-state index contributed by atoms with van der Waals surface area (Å²) in [5.74, 6) is 0. The smallest absolute Gasteiger partial charge is 0.319 e. The van der Waals surface area contributed by atoms with Crippen LogP contribution in [-0.4, -0.2) is 34.0 Å². The van der Waals surface area contributed by atoms with Gasteiger partial charge in [-0.2, -0.15) is 0 Å². The number of hydrogen-bond acceptors (Lipinski definition) is 5. The molecule has 0 aliphatic heterocycles. The summed E-state index contributed by atoms with van der Waals surface area (Å²) in [6.07, 6.45) is 6.94. The Hall–Kier alpha value is -4.07. The lowest BCUT2D eigenvalue weighted by Crippen LogP contribution is -2.43. The molecular weight excluding hydrogens is 484 g/mol. The third-order valence-electron chi connectivity index (χ3n) is 7.32. The van der Waals surface area contributed by atoms with Crippen molar-refractivity contribution in [2.45, 2.75) is 44.9 Å². The molecule has 2 aromatic carbocycles. The maximum absolute atomic E-state index is 12.4. The fourth-order valence-corrected chi connectivity index (χ4v) is 5.32. The van der Waals surface area contributed by atoms with E-state index in [2.05, 4.69) is 45.5 Å². The van der Waals surface area contributed by atoms with Gasteiger partial charge < -0.3 is 11.1 Å². The van der Waals surface area contributed by atoms with E-state index in [-0.39, 0.29) is 6.04 Å². The SMILES string of the molecule is NC(=O)N(CCN(Cc1ccc(CNCc2ccccn2)cc1)C1CCCc2cccnc21)c1ccccc1. The second-order valence-electron chi connectivity index (χ2n) is 9.99. The number of amides is 2. The van der Waals surface area contributed by atoms with Gasteiger partial charge in [0.1, 0.15) is 0 Å². The number of rotatable bonds is 11. The highest BCUT2D eigenvalue weighted by Crippen LogP contribution is 2.33. The molecule has 1 aliphatic carbocycles. The van der Waals surface area contributed by atoms with Gasteiger partial charge >= 0.3 is 6.03 Å². The fourth-order valence-electron chi connectivity index (χ4n) is 5.32. The maximum Gasteiger partial charge on any atom is 0.319 e. The van der Waals surface area contributed by atoms with Crippen LogP contribution in [0.4, 0.5) is 10.5 Å². The monoisotopic (exact) mass is 520 g/mol.